The van der Waals surface area contributed by atoms with E-state index in [-0.39, 0.29) is 23.1 Å². The lowest BCUT2D eigenvalue weighted by molar-refractivity contribution is -0.116. The van der Waals surface area contributed by atoms with Gasteiger partial charge in [0, 0.05) is 32.8 Å². The molecule has 0 aliphatic carbocycles. The van der Waals surface area contributed by atoms with Gasteiger partial charge in [0.15, 0.2) is 28.9 Å². The molecule has 0 aliphatic rings. The van der Waals surface area contributed by atoms with Gasteiger partial charge < -0.3 is 20.7 Å². The molecule has 0 aliphatic heterocycles. The quantitative estimate of drug-likeness (QED) is 0.488. The molecule has 162 valence electrons. The lowest BCUT2D eigenvalue weighted by atomic mass is 10.2. The first-order valence-corrected chi connectivity index (χ1v) is 9.52. The number of aryl methyl sites for hydroxylation is 1. The van der Waals surface area contributed by atoms with Crippen molar-refractivity contribution in [1.82, 2.24) is 35.3 Å². The van der Waals surface area contributed by atoms with Crippen LogP contribution in [0.25, 0.3) is 11.4 Å². The zero-order chi connectivity index (χ0) is 22.4. The molecule has 0 saturated heterocycles. The van der Waals surface area contributed by atoms with Crippen LogP contribution >= 0.6 is 0 Å². The molecule has 3 aromatic rings. The number of pyridine rings is 1. The fraction of sp³-hybridized carbons (Fsp3) is 0.316. The Labute approximate surface area is 178 Å². The number of amides is 2. The highest BCUT2D eigenvalue weighted by Crippen LogP contribution is 2.35. The topological polar surface area (TPSA) is 149 Å². The van der Waals surface area contributed by atoms with E-state index in [1.807, 2.05) is 6.92 Å². The molecule has 3 aromatic heterocycles. The van der Waals surface area contributed by atoms with Gasteiger partial charge in [-0.05, 0) is 12.5 Å². The molecule has 0 fully saturated rings. The summed E-state index contributed by atoms with van der Waals surface area (Å²) in [6.45, 7) is 1.90. The van der Waals surface area contributed by atoms with Crippen LogP contribution in [0.3, 0.4) is 0 Å². The van der Waals surface area contributed by atoms with Gasteiger partial charge in [0.1, 0.15) is 6.33 Å². The SMILES string of the molecule is CCCC(=O)Nc1cc(Nc2nccc(-c3ncn(C)n3)c2OC)c(C(=O)NC)nn1. The largest absolute Gasteiger partial charge is 0.492 e. The number of ether oxygens (including phenoxy) is 1. The zero-order valence-electron chi connectivity index (χ0n) is 17.6. The summed E-state index contributed by atoms with van der Waals surface area (Å²) >= 11 is 0. The average molecular weight is 425 g/mol. The Kier molecular flexibility index (Phi) is 6.70. The number of hydrogen-bond donors (Lipinski definition) is 3. The number of carbonyl (C=O) groups is 2. The van der Waals surface area contributed by atoms with Gasteiger partial charge in [-0.2, -0.15) is 5.10 Å². The molecule has 0 unspecified atom stereocenters. The summed E-state index contributed by atoms with van der Waals surface area (Å²) in [7, 11) is 4.74. The molecule has 0 spiro atoms. The molecule has 2 amide bonds. The Bertz CT molecular complexity index is 1100. The normalized spacial score (nSPS) is 10.5. The van der Waals surface area contributed by atoms with Gasteiger partial charge in [-0.15, -0.1) is 10.2 Å². The lowest BCUT2D eigenvalue weighted by Crippen LogP contribution is -2.22. The number of carbonyl (C=O) groups excluding carboxylic acids is 2. The third kappa shape index (κ3) is 4.91. The maximum Gasteiger partial charge on any atom is 0.273 e. The van der Waals surface area contributed by atoms with Crippen LogP contribution in [0.4, 0.5) is 17.3 Å². The van der Waals surface area contributed by atoms with Crippen molar-refractivity contribution >= 4 is 29.1 Å². The van der Waals surface area contributed by atoms with Gasteiger partial charge in [-0.3, -0.25) is 14.3 Å². The monoisotopic (exact) mass is 425 g/mol. The molecule has 3 rings (SSSR count). The van der Waals surface area contributed by atoms with Crippen molar-refractivity contribution in [2.24, 2.45) is 7.05 Å². The van der Waals surface area contributed by atoms with Gasteiger partial charge in [-0.25, -0.2) is 9.97 Å². The lowest BCUT2D eigenvalue weighted by Gasteiger charge is -2.15. The van der Waals surface area contributed by atoms with Crippen LogP contribution in [0, 0.1) is 0 Å². The van der Waals surface area contributed by atoms with Crippen LogP contribution in [-0.2, 0) is 11.8 Å². The summed E-state index contributed by atoms with van der Waals surface area (Å²) in [6, 6.07) is 3.23. The molecule has 31 heavy (non-hydrogen) atoms. The van der Waals surface area contributed by atoms with Crippen LogP contribution in [0.2, 0.25) is 0 Å². The van der Waals surface area contributed by atoms with Gasteiger partial charge in [0.25, 0.3) is 5.91 Å². The summed E-state index contributed by atoms with van der Waals surface area (Å²) < 4.78 is 7.12. The van der Waals surface area contributed by atoms with Gasteiger partial charge in [0.05, 0.1) is 18.4 Å². The molecule has 3 N–H and O–H groups in total. The van der Waals surface area contributed by atoms with E-state index in [0.717, 1.165) is 0 Å². The van der Waals surface area contributed by atoms with Gasteiger partial charge in [-0.1, -0.05) is 6.92 Å². The Morgan fingerprint density at radius 2 is 2.03 bits per heavy atom. The van der Waals surface area contributed by atoms with E-state index in [4.69, 9.17) is 4.74 Å². The number of hydrogen-bond acceptors (Lipinski definition) is 9. The number of nitrogens with one attached hydrogen (secondary N) is 3. The molecule has 3 heterocycles. The van der Waals surface area contributed by atoms with Crippen molar-refractivity contribution in [2.75, 3.05) is 24.8 Å². The Morgan fingerprint density at radius 3 is 2.68 bits per heavy atom. The average Bonchev–Trinajstić information content (AvgIpc) is 3.19. The maximum atomic E-state index is 12.3. The summed E-state index contributed by atoms with van der Waals surface area (Å²) in [5, 5.41) is 20.4. The second kappa shape index (κ2) is 9.61. The predicted octanol–water partition coefficient (Wildman–Crippen LogP) is 1.52. The minimum absolute atomic E-state index is 0.0289. The van der Waals surface area contributed by atoms with Crippen molar-refractivity contribution in [1.29, 1.82) is 0 Å². The van der Waals surface area contributed by atoms with Crippen LogP contribution in [-0.4, -0.2) is 55.9 Å². The maximum absolute atomic E-state index is 12.3. The smallest absolute Gasteiger partial charge is 0.273 e. The number of aromatic nitrogens is 6. The Hall–Kier alpha value is -4.09. The van der Waals surface area contributed by atoms with Crippen LogP contribution in [0.1, 0.15) is 30.3 Å². The second-order valence-corrected chi connectivity index (χ2v) is 6.48. The molecular formula is C19H23N9O3. The highest BCUT2D eigenvalue weighted by Gasteiger charge is 2.20. The number of rotatable bonds is 8. The summed E-state index contributed by atoms with van der Waals surface area (Å²) in [4.78, 5) is 32.8. The highest BCUT2D eigenvalue weighted by molar-refractivity contribution is 5.99. The Balaban J connectivity index is 2.02. The zero-order valence-corrected chi connectivity index (χ0v) is 17.6. The van der Waals surface area contributed by atoms with Crippen molar-refractivity contribution < 1.29 is 14.3 Å². The number of nitrogens with zero attached hydrogens (tertiary/aromatic N) is 6. The van der Waals surface area contributed by atoms with E-state index in [9.17, 15) is 9.59 Å². The van der Waals surface area contributed by atoms with Crippen LogP contribution in [0.5, 0.6) is 5.75 Å². The van der Waals surface area contributed by atoms with E-state index in [0.29, 0.717) is 35.8 Å². The standard InChI is InChI=1S/C19H23N9O3/c1-5-6-14(29)24-13-9-12(15(26-25-13)19(30)20-2)23-18-16(31-4)11(7-8-21-18)17-22-10-28(3)27-17/h7-10H,5-6H2,1-4H3,(H,20,30)(H2,21,23,24,25,29). The van der Waals surface area contributed by atoms with E-state index in [1.165, 1.54) is 20.2 Å². The minimum atomic E-state index is -0.456. The van der Waals surface area contributed by atoms with E-state index in [1.54, 1.807) is 30.3 Å². The molecule has 0 aromatic carbocycles. The molecule has 12 nitrogen and oxygen atoms in total. The molecular weight excluding hydrogens is 402 g/mol. The second-order valence-electron chi connectivity index (χ2n) is 6.48. The number of methoxy groups -OCH3 is 1. The van der Waals surface area contributed by atoms with Gasteiger partial charge in [0.2, 0.25) is 5.91 Å². The van der Waals surface area contributed by atoms with E-state index in [2.05, 4.69) is 41.2 Å². The van der Waals surface area contributed by atoms with Gasteiger partial charge >= 0.3 is 0 Å². The van der Waals surface area contributed by atoms with Crippen LogP contribution < -0.4 is 20.7 Å². The van der Waals surface area contributed by atoms with E-state index < -0.39 is 5.91 Å². The first-order chi connectivity index (χ1) is 15.0. The molecule has 0 atom stereocenters. The van der Waals surface area contributed by atoms with Crippen molar-refractivity contribution in [3.63, 3.8) is 0 Å². The fourth-order valence-corrected chi connectivity index (χ4v) is 2.78. The predicted molar refractivity (Wildman–Crippen MR) is 113 cm³/mol. The summed E-state index contributed by atoms with van der Waals surface area (Å²) in [5.41, 5.74) is 0.930. The molecule has 12 heteroatoms. The van der Waals surface area contributed by atoms with Crippen LogP contribution in [0.15, 0.2) is 24.7 Å². The first kappa shape index (κ1) is 21.6. The van der Waals surface area contributed by atoms with E-state index >= 15 is 0 Å². The Morgan fingerprint density at radius 1 is 1.23 bits per heavy atom. The third-order valence-electron chi connectivity index (χ3n) is 4.18. The molecule has 0 radical (unpaired) electrons. The summed E-state index contributed by atoms with van der Waals surface area (Å²) in [6.07, 6.45) is 4.17. The minimum Gasteiger partial charge on any atom is -0.492 e. The fourth-order valence-electron chi connectivity index (χ4n) is 2.78. The van der Waals surface area contributed by atoms with Crippen molar-refractivity contribution in [3.8, 4) is 17.1 Å². The number of anilines is 3. The molecule has 0 bridgehead atoms. The van der Waals surface area contributed by atoms with Crippen molar-refractivity contribution in [2.45, 2.75) is 19.8 Å². The molecule has 0 saturated carbocycles. The summed E-state index contributed by atoms with van der Waals surface area (Å²) in [5.74, 6) is 0.700. The highest BCUT2D eigenvalue weighted by atomic mass is 16.5. The first-order valence-electron chi connectivity index (χ1n) is 9.52. The third-order valence-corrected chi connectivity index (χ3v) is 4.18. The van der Waals surface area contributed by atoms with Crippen molar-refractivity contribution in [3.05, 3.63) is 30.4 Å².